The Kier molecular flexibility index (Phi) is 3.63. The van der Waals surface area contributed by atoms with Gasteiger partial charge in [-0.1, -0.05) is 18.1 Å². The number of hydrogen-bond acceptors (Lipinski definition) is 4. The van der Waals surface area contributed by atoms with E-state index in [1.54, 1.807) is 13.0 Å². The Hall–Kier alpha value is -2.88. The lowest BCUT2D eigenvalue weighted by molar-refractivity contribution is -0.385. The summed E-state index contributed by atoms with van der Waals surface area (Å²) in [6.07, 6.45) is 0. The van der Waals surface area contributed by atoms with E-state index in [1.807, 2.05) is 0 Å². The van der Waals surface area contributed by atoms with Crippen LogP contribution in [-0.4, -0.2) is 28.3 Å². The molecule has 0 saturated carbocycles. The van der Waals surface area contributed by atoms with Crippen molar-refractivity contribution in [3.63, 3.8) is 0 Å². The van der Waals surface area contributed by atoms with Crippen molar-refractivity contribution in [2.75, 3.05) is 6.54 Å². The van der Waals surface area contributed by atoms with Gasteiger partial charge in [-0.3, -0.25) is 19.8 Å². The van der Waals surface area contributed by atoms with E-state index in [-0.39, 0.29) is 12.2 Å². The third kappa shape index (κ3) is 2.43. The first-order valence-electron chi connectivity index (χ1n) is 6.19. The number of non-ortho nitro benzene ring substituents is 1. The molecule has 0 bridgehead atoms. The maximum absolute atomic E-state index is 12.4. The number of carbonyl (C=O) groups is 2. The van der Waals surface area contributed by atoms with Crippen LogP contribution in [-0.2, 0) is 10.3 Å². The number of carbonyl (C=O) groups excluding carboxylic acids is 2. The molecule has 0 spiro atoms. The Labute approximate surface area is 121 Å². The molecular weight excluding hydrogens is 274 g/mol. The molecule has 0 radical (unpaired) electrons. The molecule has 0 aromatic heterocycles. The molecule has 1 aliphatic rings. The van der Waals surface area contributed by atoms with Crippen LogP contribution in [0.5, 0.6) is 0 Å². The summed E-state index contributed by atoms with van der Waals surface area (Å²) in [4.78, 5) is 35.6. The highest BCUT2D eigenvalue weighted by Gasteiger charge is 2.49. The third-order valence-electron chi connectivity index (χ3n) is 3.32. The van der Waals surface area contributed by atoms with E-state index >= 15 is 0 Å². The van der Waals surface area contributed by atoms with Crippen molar-refractivity contribution in [3.05, 3.63) is 39.9 Å². The highest BCUT2D eigenvalue weighted by Crippen LogP contribution is 2.30. The first-order valence-corrected chi connectivity index (χ1v) is 6.19. The zero-order valence-electron chi connectivity index (χ0n) is 11.5. The summed E-state index contributed by atoms with van der Waals surface area (Å²) in [5.41, 5.74) is -1.09. The molecule has 1 unspecified atom stereocenters. The van der Waals surface area contributed by atoms with Gasteiger partial charge in [0.2, 0.25) is 0 Å². The van der Waals surface area contributed by atoms with Crippen molar-refractivity contribution in [1.82, 2.24) is 10.2 Å². The van der Waals surface area contributed by atoms with Crippen LogP contribution in [0.3, 0.4) is 0 Å². The number of nitrogens with zero attached hydrogens (tertiary/aromatic N) is 2. The molecule has 2 rings (SSSR count). The van der Waals surface area contributed by atoms with Crippen LogP contribution in [0.1, 0.15) is 19.4 Å². The Bertz CT molecular complexity index is 689. The van der Waals surface area contributed by atoms with Crippen molar-refractivity contribution >= 4 is 17.6 Å². The number of nitro groups is 1. The predicted molar refractivity (Wildman–Crippen MR) is 74.1 cm³/mol. The molecule has 1 N–H and O–H groups in total. The van der Waals surface area contributed by atoms with Gasteiger partial charge in [0.15, 0.2) is 0 Å². The van der Waals surface area contributed by atoms with Gasteiger partial charge in [0.25, 0.3) is 11.6 Å². The number of urea groups is 1. The van der Waals surface area contributed by atoms with Gasteiger partial charge in [-0.15, -0.1) is 5.92 Å². The zero-order chi connectivity index (χ0) is 15.6. The van der Waals surface area contributed by atoms with Crippen LogP contribution in [0.15, 0.2) is 24.3 Å². The van der Waals surface area contributed by atoms with Crippen LogP contribution in [0.2, 0.25) is 0 Å². The van der Waals surface area contributed by atoms with Gasteiger partial charge in [-0.25, -0.2) is 4.79 Å². The molecule has 1 saturated heterocycles. The average molecular weight is 287 g/mol. The molecule has 21 heavy (non-hydrogen) atoms. The van der Waals surface area contributed by atoms with E-state index in [9.17, 15) is 19.7 Å². The largest absolute Gasteiger partial charge is 0.326 e. The minimum absolute atomic E-state index is 0.00825. The predicted octanol–water partition coefficient (Wildman–Crippen LogP) is 1.39. The topological polar surface area (TPSA) is 92.6 Å². The van der Waals surface area contributed by atoms with Gasteiger partial charge < -0.3 is 5.32 Å². The van der Waals surface area contributed by atoms with Crippen LogP contribution < -0.4 is 5.32 Å². The lowest BCUT2D eigenvalue weighted by atomic mass is 9.91. The summed E-state index contributed by atoms with van der Waals surface area (Å²) in [7, 11) is 0. The van der Waals surface area contributed by atoms with Crippen molar-refractivity contribution in [2.24, 2.45) is 0 Å². The second-order valence-corrected chi connectivity index (χ2v) is 4.68. The molecule has 0 aliphatic carbocycles. The molecular formula is C14H13N3O4. The van der Waals surface area contributed by atoms with Gasteiger partial charge in [0.1, 0.15) is 5.54 Å². The van der Waals surface area contributed by atoms with E-state index < -0.39 is 22.4 Å². The monoisotopic (exact) mass is 287 g/mol. The normalized spacial score (nSPS) is 20.8. The maximum Gasteiger partial charge on any atom is 0.326 e. The second kappa shape index (κ2) is 5.25. The Balaban J connectivity index is 2.40. The molecule has 1 aliphatic heterocycles. The highest BCUT2D eigenvalue weighted by atomic mass is 16.6. The molecule has 7 nitrogen and oxygen atoms in total. The molecule has 3 amide bonds. The fraction of sp³-hybridized carbons (Fsp3) is 0.286. The van der Waals surface area contributed by atoms with Crippen molar-refractivity contribution < 1.29 is 14.5 Å². The van der Waals surface area contributed by atoms with Crippen molar-refractivity contribution in [1.29, 1.82) is 0 Å². The zero-order valence-corrected chi connectivity index (χ0v) is 11.5. The standard InChI is InChI=1S/C14H13N3O4/c1-3-4-8-16-12(18)14(2,15-13(16)19)10-6-5-7-11(9-10)17(20)21/h5-7,9H,8H2,1-2H3,(H,15,19). The molecule has 1 atom stereocenters. The van der Waals surface area contributed by atoms with Gasteiger partial charge in [0.05, 0.1) is 11.5 Å². The summed E-state index contributed by atoms with van der Waals surface area (Å²) in [5.74, 6) is 4.79. The fourth-order valence-corrected chi connectivity index (χ4v) is 2.12. The molecule has 1 aromatic carbocycles. The quantitative estimate of drug-likeness (QED) is 0.393. The van der Waals surface area contributed by atoms with Crippen LogP contribution in [0, 0.1) is 22.0 Å². The summed E-state index contributed by atoms with van der Waals surface area (Å²) >= 11 is 0. The van der Waals surface area contributed by atoms with E-state index in [2.05, 4.69) is 17.2 Å². The van der Waals surface area contributed by atoms with Gasteiger partial charge in [-0.2, -0.15) is 0 Å². The number of hydrogen-bond donors (Lipinski definition) is 1. The highest BCUT2D eigenvalue weighted by molar-refractivity contribution is 6.07. The molecule has 7 heteroatoms. The summed E-state index contributed by atoms with van der Waals surface area (Å²) in [5, 5.41) is 13.4. The number of benzene rings is 1. The fourth-order valence-electron chi connectivity index (χ4n) is 2.12. The minimum atomic E-state index is -1.32. The molecule has 1 fully saturated rings. The van der Waals surface area contributed by atoms with Gasteiger partial charge in [0, 0.05) is 12.1 Å². The van der Waals surface area contributed by atoms with Crippen LogP contribution in [0.25, 0.3) is 0 Å². The van der Waals surface area contributed by atoms with E-state index in [1.165, 1.54) is 25.1 Å². The van der Waals surface area contributed by atoms with Crippen molar-refractivity contribution in [2.45, 2.75) is 19.4 Å². The van der Waals surface area contributed by atoms with E-state index in [0.29, 0.717) is 5.56 Å². The summed E-state index contributed by atoms with van der Waals surface area (Å²) in [6, 6.07) is 5.10. The number of imide groups is 1. The van der Waals surface area contributed by atoms with Gasteiger partial charge >= 0.3 is 6.03 Å². The maximum atomic E-state index is 12.4. The SMILES string of the molecule is CC#CCN1C(=O)NC(C)(c2cccc([N+](=O)[O-])c2)C1=O. The number of amides is 3. The summed E-state index contributed by atoms with van der Waals surface area (Å²) < 4.78 is 0. The molecule has 1 heterocycles. The van der Waals surface area contributed by atoms with Gasteiger partial charge in [-0.05, 0) is 19.4 Å². The Morgan fingerprint density at radius 1 is 1.43 bits per heavy atom. The minimum Gasteiger partial charge on any atom is -0.319 e. The number of nitrogens with one attached hydrogen (secondary N) is 1. The Morgan fingerprint density at radius 3 is 2.76 bits per heavy atom. The van der Waals surface area contributed by atoms with Crippen molar-refractivity contribution in [3.8, 4) is 11.8 Å². The summed E-state index contributed by atoms with van der Waals surface area (Å²) in [6.45, 7) is 3.12. The second-order valence-electron chi connectivity index (χ2n) is 4.68. The third-order valence-corrected chi connectivity index (χ3v) is 3.32. The Morgan fingerprint density at radius 2 is 2.14 bits per heavy atom. The molecule has 108 valence electrons. The lowest BCUT2D eigenvalue weighted by Gasteiger charge is -2.21. The average Bonchev–Trinajstić information content (AvgIpc) is 2.68. The van der Waals surface area contributed by atoms with Crippen LogP contribution in [0.4, 0.5) is 10.5 Å². The van der Waals surface area contributed by atoms with Crippen LogP contribution >= 0.6 is 0 Å². The van der Waals surface area contributed by atoms with E-state index in [4.69, 9.17) is 0 Å². The lowest BCUT2D eigenvalue weighted by Crippen LogP contribution is -2.41. The smallest absolute Gasteiger partial charge is 0.319 e. The first kappa shape index (κ1) is 14.5. The molecule has 1 aromatic rings. The van der Waals surface area contributed by atoms with E-state index in [0.717, 1.165) is 4.90 Å². The number of rotatable bonds is 3. The number of nitro benzene ring substituents is 1. The first-order chi connectivity index (χ1) is 9.90.